The molecule has 1 fully saturated rings. The molecule has 1 saturated carbocycles. The summed E-state index contributed by atoms with van der Waals surface area (Å²) in [5.74, 6) is 1.57. The number of fused-ring (bicyclic) bond motifs is 2. The van der Waals surface area contributed by atoms with E-state index < -0.39 is 0 Å². The normalized spacial score (nSPS) is 16.4. The zero-order valence-corrected chi connectivity index (χ0v) is 15.1. The van der Waals surface area contributed by atoms with Crippen LogP contribution in [0, 0.1) is 11.3 Å². The van der Waals surface area contributed by atoms with E-state index >= 15 is 0 Å². The summed E-state index contributed by atoms with van der Waals surface area (Å²) in [6.07, 6.45) is 5.73. The summed E-state index contributed by atoms with van der Waals surface area (Å²) >= 11 is 1.30. The van der Waals surface area contributed by atoms with Gasteiger partial charge in [-0.25, -0.2) is 4.98 Å². The number of hydrogen-bond acceptors (Lipinski definition) is 6. The van der Waals surface area contributed by atoms with E-state index in [1.807, 2.05) is 12.1 Å². The number of rotatable bonds is 4. The summed E-state index contributed by atoms with van der Waals surface area (Å²) in [5, 5.41) is 13.9. The quantitative estimate of drug-likeness (QED) is 0.832. The van der Waals surface area contributed by atoms with Crippen molar-refractivity contribution >= 4 is 28.6 Å². The zero-order valence-electron chi connectivity index (χ0n) is 14.3. The second-order valence-electron chi connectivity index (χ2n) is 6.54. The van der Waals surface area contributed by atoms with Crippen molar-refractivity contribution in [2.45, 2.75) is 43.2 Å². The van der Waals surface area contributed by atoms with Gasteiger partial charge in [-0.3, -0.25) is 4.79 Å². The van der Waals surface area contributed by atoms with Crippen LogP contribution < -0.4 is 14.8 Å². The summed E-state index contributed by atoms with van der Waals surface area (Å²) in [4.78, 5) is 16.8. The maximum atomic E-state index is 12.2. The molecule has 1 amide bonds. The number of nitrogens with zero attached hydrogens (tertiary/aromatic N) is 2. The Morgan fingerprint density at radius 2 is 2.00 bits per heavy atom. The Morgan fingerprint density at radius 1 is 1.23 bits per heavy atom. The van der Waals surface area contributed by atoms with Gasteiger partial charge in [0.1, 0.15) is 11.1 Å². The van der Waals surface area contributed by atoms with Gasteiger partial charge < -0.3 is 14.8 Å². The Morgan fingerprint density at radius 3 is 2.77 bits per heavy atom. The first-order valence-corrected chi connectivity index (χ1v) is 9.78. The van der Waals surface area contributed by atoms with Gasteiger partial charge in [0.2, 0.25) is 12.7 Å². The summed E-state index contributed by atoms with van der Waals surface area (Å²) in [6, 6.07) is 7.88. The van der Waals surface area contributed by atoms with Crippen LogP contribution in [0.15, 0.2) is 23.2 Å². The topological polar surface area (TPSA) is 84.2 Å². The molecule has 2 heterocycles. The first-order chi connectivity index (χ1) is 12.7. The Labute approximate surface area is 155 Å². The van der Waals surface area contributed by atoms with Crippen LogP contribution in [0.4, 0.5) is 0 Å². The van der Waals surface area contributed by atoms with Crippen LogP contribution in [0.2, 0.25) is 0 Å². The molecule has 1 aromatic carbocycles. The number of thioether (sulfide) groups is 1. The summed E-state index contributed by atoms with van der Waals surface area (Å²) in [7, 11) is 0. The fourth-order valence-corrected chi connectivity index (χ4v) is 4.16. The molecule has 0 bridgehead atoms. The highest BCUT2D eigenvalue weighted by Crippen LogP contribution is 2.36. The second-order valence-corrected chi connectivity index (χ2v) is 7.51. The molecule has 0 atom stereocenters. The van der Waals surface area contributed by atoms with Crippen molar-refractivity contribution in [3.05, 3.63) is 23.8 Å². The molecule has 26 heavy (non-hydrogen) atoms. The van der Waals surface area contributed by atoms with Gasteiger partial charge in [-0.05, 0) is 25.0 Å². The van der Waals surface area contributed by atoms with Crippen LogP contribution in [-0.4, -0.2) is 29.5 Å². The highest BCUT2D eigenvalue weighted by molar-refractivity contribution is 8.00. The zero-order chi connectivity index (χ0) is 17.9. The lowest BCUT2D eigenvalue weighted by Gasteiger charge is -2.22. The minimum absolute atomic E-state index is 0.00151. The number of nitrogens with one attached hydrogen (secondary N) is 1. The molecule has 2 aromatic rings. The highest BCUT2D eigenvalue weighted by Gasteiger charge is 2.18. The maximum absolute atomic E-state index is 12.2. The van der Waals surface area contributed by atoms with E-state index in [2.05, 4.69) is 16.4 Å². The lowest BCUT2D eigenvalue weighted by atomic mass is 9.95. The number of benzene rings is 1. The molecule has 1 aliphatic heterocycles. The largest absolute Gasteiger partial charge is 0.454 e. The fraction of sp³-hybridized carbons (Fsp3) is 0.421. The molecule has 4 rings (SSSR count). The second kappa shape index (κ2) is 7.42. The van der Waals surface area contributed by atoms with Gasteiger partial charge in [-0.1, -0.05) is 31.0 Å². The summed E-state index contributed by atoms with van der Waals surface area (Å²) < 4.78 is 10.8. The number of ether oxygens (including phenoxy) is 2. The van der Waals surface area contributed by atoms with Crippen LogP contribution in [0.5, 0.6) is 11.5 Å². The van der Waals surface area contributed by atoms with Gasteiger partial charge in [-0.2, -0.15) is 5.26 Å². The lowest BCUT2D eigenvalue weighted by molar-refractivity contribution is -0.119. The van der Waals surface area contributed by atoms with Gasteiger partial charge in [-0.15, -0.1) is 0 Å². The van der Waals surface area contributed by atoms with Crippen molar-refractivity contribution in [2.75, 3.05) is 12.5 Å². The van der Waals surface area contributed by atoms with E-state index in [9.17, 15) is 10.1 Å². The first-order valence-electron chi connectivity index (χ1n) is 8.79. The Hall–Kier alpha value is -2.46. The van der Waals surface area contributed by atoms with E-state index in [-0.39, 0.29) is 24.5 Å². The van der Waals surface area contributed by atoms with Crippen LogP contribution in [0.1, 0.15) is 37.7 Å². The number of pyridine rings is 1. The smallest absolute Gasteiger partial charge is 0.231 e. The summed E-state index contributed by atoms with van der Waals surface area (Å²) in [5.41, 5.74) is 1.19. The number of carbonyl (C=O) groups excluding carboxylic acids is 1. The molecular weight excluding hydrogens is 350 g/mol. The van der Waals surface area contributed by atoms with Crippen molar-refractivity contribution in [1.82, 2.24) is 10.3 Å². The predicted octanol–water partition coefficient (Wildman–Crippen LogP) is 3.38. The number of carbonyl (C=O) groups is 1. The molecular formula is C19H19N3O3S. The van der Waals surface area contributed by atoms with E-state index in [1.165, 1.54) is 31.0 Å². The molecule has 0 radical (unpaired) electrons. The predicted molar refractivity (Wildman–Crippen MR) is 98.3 cm³/mol. The Kier molecular flexibility index (Phi) is 4.85. The van der Waals surface area contributed by atoms with Crippen molar-refractivity contribution in [3.8, 4) is 17.6 Å². The van der Waals surface area contributed by atoms with E-state index in [0.29, 0.717) is 22.1 Å². The minimum atomic E-state index is -0.00151. The number of amides is 1. The fourth-order valence-electron chi connectivity index (χ4n) is 3.39. The molecule has 1 aromatic heterocycles. The third-order valence-corrected chi connectivity index (χ3v) is 5.70. The number of hydrogen-bond donors (Lipinski definition) is 1. The van der Waals surface area contributed by atoms with Crippen molar-refractivity contribution in [2.24, 2.45) is 0 Å². The van der Waals surface area contributed by atoms with Crippen LogP contribution in [0.25, 0.3) is 10.9 Å². The van der Waals surface area contributed by atoms with Crippen molar-refractivity contribution < 1.29 is 14.3 Å². The molecule has 6 nitrogen and oxygen atoms in total. The maximum Gasteiger partial charge on any atom is 0.231 e. The molecule has 134 valence electrons. The van der Waals surface area contributed by atoms with Gasteiger partial charge in [0.25, 0.3) is 0 Å². The number of nitriles is 1. The molecule has 7 heteroatoms. The molecule has 1 N–H and O–H groups in total. The molecule has 0 spiro atoms. The van der Waals surface area contributed by atoms with Crippen molar-refractivity contribution in [3.63, 3.8) is 0 Å². The summed E-state index contributed by atoms with van der Waals surface area (Å²) in [6.45, 7) is 0.194. The van der Waals surface area contributed by atoms with E-state index in [1.54, 1.807) is 6.07 Å². The molecule has 2 aliphatic rings. The Bertz CT molecular complexity index is 888. The van der Waals surface area contributed by atoms with E-state index in [0.717, 1.165) is 23.7 Å². The molecule has 1 aliphatic carbocycles. The van der Waals surface area contributed by atoms with Crippen LogP contribution in [-0.2, 0) is 4.79 Å². The monoisotopic (exact) mass is 369 g/mol. The van der Waals surface area contributed by atoms with E-state index in [4.69, 9.17) is 9.47 Å². The lowest BCUT2D eigenvalue weighted by Crippen LogP contribution is -2.37. The average Bonchev–Trinajstić information content (AvgIpc) is 3.11. The van der Waals surface area contributed by atoms with Crippen LogP contribution >= 0.6 is 11.8 Å². The Balaban J connectivity index is 1.49. The number of aromatic nitrogens is 1. The van der Waals surface area contributed by atoms with Crippen molar-refractivity contribution in [1.29, 1.82) is 5.26 Å². The van der Waals surface area contributed by atoms with Gasteiger partial charge in [0.15, 0.2) is 11.5 Å². The minimum Gasteiger partial charge on any atom is -0.454 e. The molecule has 0 saturated heterocycles. The standard InChI is InChI=1S/C19H19N3O3S/c20-9-13-6-12-7-16-17(25-11-24-16)8-15(12)22-19(13)26-10-18(23)21-14-4-2-1-3-5-14/h6-8,14H,1-5,10-11H2,(H,21,23). The average molecular weight is 369 g/mol. The van der Waals surface area contributed by atoms with Crippen LogP contribution in [0.3, 0.4) is 0 Å². The van der Waals surface area contributed by atoms with Gasteiger partial charge in [0.05, 0.1) is 16.8 Å². The van der Waals surface area contributed by atoms with Gasteiger partial charge in [0, 0.05) is 17.5 Å². The first kappa shape index (κ1) is 17.0. The molecule has 0 unspecified atom stereocenters. The van der Waals surface area contributed by atoms with Gasteiger partial charge >= 0.3 is 0 Å². The third-order valence-electron chi connectivity index (χ3n) is 4.70. The highest BCUT2D eigenvalue weighted by atomic mass is 32.2. The third kappa shape index (κ3) is 3.56. The SMILES string of the molecule is N#Cc1cc2cc3c(cc2nc1SCC(=O)NC1CCCCC1)OCO3.